The Morgan fingerprint density at radius 1 is 1.08 bits per heavy atom. The highest BCUT2D eigenvalue weighted by Gasteiger charge is 2.16. The minimum absolute atomic E-state index is 0.189. The van der Waals surface area contributed by atoms with Gasteiger partial charge in [-0.25, -0.2) is 21.6 Å². The van der Waals surface area contributed by atoms with Crippen LogP contribution >= 0.6 is 0 Å². The molecule has 0 amide bonds. The highest BCUT2D eigenvalue weighted by molar-refractivity contribution is 8.06. The molecule has 0 spiro atoms. The summed E-state index contributed by atoms with van der Waals surface area (Å²) in [5, 5.41) is 1.87. The van der Waals surface area contributed by atoms with Crippen molar-refractivity contribution in [3.05, 3.63) is 0 Å². The number of rotatable bonds is 6. The molecule has 0 aromatic carbocycles. The van der Waals surface area contributed by atoms with Crippen molar-refractivity contribution in [3.63, 3.8) is 0 Å². The predicted molar refractivity (Wildman–Crippen MR) is 50.6 cm³/mol. The minimum atomic E-state index is -3.69. The normalized spacial score (nSPS) is 13.1. The molecule has 2 N–H and O–H groups in total. The van der Waals surface area contributed by atoms with Gasteiger partial charge in [-0.2, -0.15) is 0 Å². The summed E-state index contributed by atoms with van der Waals surface area (Å²) in [6.45, 7) is 0.650. The standard InChI is InChI=1S/C5H14N2O4S2/c1-6-3-4-7-13(10,11)5-12(2,8)9/h6-7H,3-5H2,1-2H3. The predicted octanol–water partition coefficient (Wildman–Crippen LogP) is -1.87. The van der Waals surface area contributed by atoms with Crippen molar-refractivity contribution in [2.75, 3.05) is 31.5 Å². The summed E-state index contributed by atoms with van der Waals surface area (Å²) in [6, 6.07) is 0. The fourth-order valence-corrected chi connectivity index (χ4v) is 3.66. The van der Waals surface area contributed by atoms with Crippen LogP contribution in [0, 0.1) is 0 Å². The highest BCUT2D eigenvalue weighted by atomic mass is 32.3. The number of hydrogen-bond acceptors (Lipinski definition) is 5. The second kappa shape index (κ2) is 4.89. The van der Waals surface area contributed by atoms with Gasteiger partial charge in [0.1, 0.15) is 0 Å². The van der Waals surface area contributed by atoms with Gasteiger partial charge in [0.25, 0.3) is 0 Å². The monoisotopic (exact) mass is 230 g/mol. The number of likely N-dealkylation sites (N-methyl/N-ethyl adjacent to an activating group) is 1. The van der Waals surface area contributed by atoms with E-state index < -0.39 is 24.9 Å². The van der Waals surface area contributed by atoms with E-state index in [0.29, 0.717) is 6.54 Å². The van der Waals surface area contributed by atoms with Gasteiger partial charge in [-0.3, -0.25) is 0 Å². The quantitative estimate of drug-likeness (QED) is 0.521. The van der Waals surface area contributed by atoms with Gasteiger partial charge in [-0.1, -0.05) is 0 Å². The van der Waals surface area contributed by atoms with Crippen LogP contribution in [-0.2, 0) is 19.9 Å². The Morgan fingerprint density at radius 3 is 2.00 bits per heavy atom. The van der Waals surface area contributed by atoms with E-state index in [1.807, 2.05) is 0 Å². The van der Waals surface area contributed by atoms with Crippen LogP contribution in [0.15, 0.2) is 0 Å². The molecule has 0 saturated carbocycles. The smallest absolute Gasteiger partial charge is 0.226 e. The summed E-state index contributed by atoms with van der Waals surface area (Å²) < 4.78 is 45.4. The Balaban J connectivity index is 4.12. The minimum Gasteiger partial charge on any atom is -0.318 e. The average molecular weight is 230 g/mol. The van der Waals surface area contributed by atoms with Gasteiger partial charge in [0, 0.05) is 19.3 Å². The van der Waals surface area contributed by atoms with Crippen molar-refractivity contribution in [2.24, 2.45) is 0 Å². The van der Waals surface area contributed by atoms with Gasteiger partial charge < -0.3 is 5.32 Å². The topological polar surface area (TPSA) is 92.3 Å². The van der Waals surface area contributed by atoms with E-state index in [4.69, 9.17) is 0 Å². The first-order valence-electron chi connectivity index (χ1n) is 3.56. The first kappa shape index (κ1) is 12.8. The van der Waals surface area contributed by atoms with Crippen LogP contribution in [0.5, 0.6) is 0 Å². The number of hydrogen-bond donors (Lipinski definition) is 2. The highest BCUT2D eigenvalue weighted by Crippen LogP contribution is 1.90. The molecule has 0 aromatic rings. The summed E-state index contributed by atoms with van der Waals surface area (Å²) >= 11 is 0. The molecule has 0 aromatic heterocycles. The largest absolute Gasteiger partial charge is 0.318 e. The van der Waals surface area contributed by atoms with Crippen LogP contribution in [0.4, 0.5) is 0 Å². The molecular weight excluding hydrogens is 216 g/mol. The van der Waals surface area contributed by atoms with Crippen molar-refractivity contribution in [1.82, 2.24) is 10.0 Å². The lowest BCUT2D eigenvalue weighted by atomic mass is 10.7. The van der Waals surface area contributed by atoms with Crippen LogP contribution in [0.2, 0.25) is 0 Å². The maximum Gasteiger partial charge on any atom is 0.226 e. The Labute approximate surface area is 78.7 Å². The van der Waals surface area contributed by atoms with Crippen molar-refractivity contribution >= 4 is 19.9 Å². The fourth-order valence-electron chi connectivity index (χ4n) is 0.655. The maximum atomic E-state index is 11.0. The van der Waals surface area contributed by atoms with Crippen LogP contribution in [-0.4, -0.2) is 48.3 Å². The lowest BCUT2D eigenvalue weighted by molar-refractivity contribution is 0.579. The Bertz CT molecular complexity index is 332. The van der Waals surface area contributed by atoms with E-state index in [9.17, 15) is 16.8 Å². The molecule has 0 unspecified atom stereocenters. The molecule has 8 heteroatoms. The fraction of sp³-hybridized carbons (Fsp3) is 1.00. The first-order chi connectivity index (χ1) is 5.77. The third-order valence-electron chi connectivity index (χ3n) is 1.07. The van der Waals surface area contributed by atoms with E-state index in [1.54, 1.807) is 7.05 Å². The summed E-state index contributed by atoms with van der Waals surface area (Å²) in [6.07, 6.45) is 0.879. The second-order valence-electron chi connectivity index (χ2n) is 2.66. The molecule has 6 nitrogen and oxygen atoms in total. The van der Waals surface area contributed by atoms with Crippen LogP contribution < -0.4 is 10.0 Å². The van der Waals surface area contributed by atoms with Gasteiger partial charge in [0.05, 0.1) is 0 Å². The van der Waals surface area contributed by atoms with Crippen molar-refractivity contribution in [2.45, 2.75) is 0 Å². The number of sulfone groups is 1. The van der Waals surface area contributed by atoms with E-state index in [2.05, 4.69) is 10.0 Å². The number of nitrogens with one attached hydrogen (secondary N) is 2. The molecule has 0 radical (unpaired) electrons. The van der Waals surface area contributed by atoms with Crippen LogP contribution in [0.3, 0.4) is 0 Å². The van der Waals surface area contributed by atoms with E-state index >= 15 is 0 Å². The van der Waals surface area contributed by atoms with E-state index in [-0.39, 0.29) is 6.54 Å². The maximum absolute atomic E-state index is 11.0. The molecule has 0 heterocycles. The van der Waals surface area contributed by atoms with Crippen molar-refractivity contribution in [1.29, 1.82) is 0 Å². The zero-order valence-corrected chi connectivity index (χ0v) is 9.20. The molecule has 0 aliphatic rings. The van der Waals surface area contributed by atoms with Gasteiger partial charge >= 0.3 is 0 Å². The zero-order chi connectivity index (χ0) is 10.5. The molecule has 80 valence electrons. The van der Waals surface area contributed by atoms with Crippen LogP contribution in [0.1, 0.15) is 0 Å². The summed E-state index contributed by atoms with van der Waals surface area (Å²) in [5.74, 6) is 0. The Hall–Kier alpha value is -0.180. The van der Waals surface area contributed by atoms with Gasteiger partial charge in [-0.15, -0.1) is 0 Å². The lowest BCUT2D eigenvalue weighted by Gasteiger charge is -2.04. The third kappa shape index (κ3) is 8.16. The van der Waals surface area contributed by atoms with Crippen molar-refractivity contribution < 1.29 is 16.8 Å². The molecule has 0 aliphatic carbocycles. The molecule has 0 bridgehead atoms. The molecular formula is C5H14N2O4S2. The zero-order valence-electron chi connectivity index (χ0n) is 7.57. The van der Waals surface area contributed by atoms with Gasteiger partial charge in [0.2, 0.25) is 10.0 Å². The van der Waals surface area contributed by atoms with Crippen LogP contribution in [0.25, 0.3) is 0 Å². The molecule has 13 heavy (non-hydrogen) atoms. The molecule has 0 atom stereocenters. The van der Waals surface area contributed by atoms with E-state index in [0.717, 1.165) is 6.26 Å². The summed E-state index contributed by atoms with van der Waals surface area (Å²) in [5.41, 5.74) is 0. The van der Waals surface area contributed by atoms with E-state index in [1.165, 1.54) is 0 Å². The third-order valence-corrected chi connectivity index (χ3v) is 4.66. The second-order valence-corrected chi connectivity index (χ2v) is 6.97. The summed E-state index contributed by atoms with van der Waals surface area (Å²) in [4.78, 5) is 0. The van der Waals surface area contributed by atoms with Gasteiger partial charge in [-0.05, 0) is 7.05 Å². The SMILES string of the molecule is CNCCNS(=O)(=O)CS(C)(=O)=O. The Kier molecular flexibility index (Phi) is 4.82. The summed E-state index contributed by atoms with van der Waals surface area (Å²) in [7, 11) is -5.51. The number of sulfonamides is 1. The average Bonchev–Trinajstić information content (AvgIpc) is 1.81. The van der Waals surface area contributed by atoms with Crippen molar-refractivity contribution in [3.8, 4) is 0 Å². The van der Waals surface area contributed by atoms with Gasteiger partial charge in [0.15, 0.2) is 14.9 Å². The molecule has 0 saturated heterocycles. The first-order valence-corrected chi connectivity index (χ1v) is 7.28. The Morgan fingerprint density at radius 2 is 1.62 bits per heavy atom. The molecule has 0 fully saturated rings. The molecule has 0 rings (SSSR count). The lowest BCUT2D eigenvalue weighted by Crippen LogP contribution is -2.34. The molecule has 0 aliphatic heterocycles.